The molecule has 0 aromatic heterocycles. The molecule has 0 heterocycles. The Morgan fingerprint density at radius 2 is 0.500 bits per heavy atom. The average Bonchev–Trinajstić information content (AvgIpc) is 3.44. The molecule has 78 heavy (non-hydrogen) atoms. The molecule has 0 radical (unpaired) electrons. The van der Waals surface area contributed by atoms with Gasteiger partial charge in [-0.25, -0.2) is 0 Å². The Bertz CT molecular complexity index is 1350. The van der Waals surface area contributed by atoms with E-state index in [2.05, 4.69) is 69.4 Å². The summed E-state index contributed by atoms with van der Waals surface area (Å²) in [7, 11) is 0. The van der Waals surface area contributed by atoms with Crippen molar-refractivity contribution in [2.75, 3.05) is 13.2 Å². The molecule has 0 spiro atoms. The number of allylic oxidation sites excluding steroid dienone is 8. The van der Waals surface area contributed by atoms with E-state index in [0.29, 0.717) is 19.3 Å². The minimum Gasteiger partial charge on any atom is -0.462 e. The van der Waals surface area contributed by atoms with Crippen LogP contribution in [-0.4, -0.2) is 37.2 Å². The highest BCUT2D eigenvalue weighted by Gasteiger charge is 2.19. The van der Waals surface area contributed by atoms with Crippen LogP contribution in [0.3, 0.4) is 0 Å². The van der Waals surface area contributed by atoms with Crippen molar-refractivity contribution in [2.24, 2.45) is 0 Å². The fraction of sp³-hybridized carbons (Fsp3) is 0.847. The number of carbonyl (C=O) groups is 3. The minimum atomic E-state index is -0.773. The first-order valence-corrected chi connectivity index (χ1v) is 34.6. The molecule has 0 rings (SSSR count). The predicted octanol–water partition coefficient (Wildman–Crippen LogP) is 23.7. The van der Waals surface area contributed by atoms with E-state index in [1.165, 1.54) is 250 Å². The largest absolute Gasteiger partial charge is 0.462 e. The van der Waals surface area contributed by atoms with Crippen LogP contribution in [0.5, 0.6) is 0 Å². The first-order chi connectivity index (χ1) is 38.5. The third-order valence-electron chi connectivity index (χ3n) is 15.6. The third-order valence-corrected chi connectivity index (χ3v) is 15.6. The Morgan fingerprint density at radius 1 is 0.269 bits per heavy atom. The monoisotopic (exact) mass is 1090 g/mol. The molecule has 0 N–H and O–H groups in total. The van der Waals surface area contributed by atoms with Gasteiger partial charge in [-0.2, -0.15) is 0 Å². The molecule has 1 unspecified atom stereocenters. The summed E-state index contributed by atoms with van der Waals surface area (Å²) in [6.45, 7) is 6.58. The molecule has 0 saturated heterocycles. The second-order valence-electron chi connectivity index (χ2n) is 23.4. The van der Waals surface area contributed by atoms with Crippen LogP contribution >= 0.6 is 0 Å². The molecule has 6 nitrogen and oxygen atoms in total. The number of ether oxygens (including phenoxy) is 3. The molecular weight excluding hydrogens is 961 g/mol. The lowest BCUT2D eigenvalue weighted by Gasteiger charge is -2.18. The van der Waals surface area contributed by atoms with Crippen molar-refractivity contribution in [2.45, 2.75) is 380 Å². The Kier molecular flexibility index (Phi) is 64.6. The summed E-state index contributed by atoms with van der Waals surface area (Å²) in [5.74, 6) is -0.849. The molecule has 0 aliphatic rings. The number of hydrogen-bond donors (Lipinski definition) is 0. The van der Waals surface area contributed by atoms with Crippen LogP contribution in [0.4, 0.5) is 0 Å². The normalized spacial score (nSPS) is 12.3. The van der Waals surface area contributed by atoms with Gasteiger partial charge >= 0.3 is 17.9 Å². The smallest absolute Gasteiger partial charge is 0.306 e. The van der Waals surface area contributed by atoms with E-state index < -0.39 is 6.10 Å². The maximum absolute atomic E-state index is 12.9. The molecule has 1 atom stereocenters. The molecule has 0 aromatic rings. The molecule has 456 valence electrons. The van der Waals surface area contributed by atoms with Crippen molar-refractivity contribution in [3.8, 4) is 0 Å². The lowest BCUT2D eigenvalue weighted by Crippen LogP contribution is -2.30. The summed E-state index contributed by atoms with van der Waals surface area (Å²) < 4.78 is 17.0. The first-order valence-electron chi connectivity index (χ1n) is 34.6. The number of esters is 3. The van der Waals surface area contributed by atoms with Crippen molar-refractivity contribution in [3.63, 3.8) is 0 Å². The number of hydrogen-bond acceptors (Lipinski definition) is 6. The van der Waals surface area contributed by atoms with Gasteiger partial charge in [-0.3, -0.25) is 14.4 Å². The Labute approximate surface area is 486 Å². The van der Waals surface area contributed by atoms with Gasteiger partial charge in [0.2, 0.25) is 0 Å². The van der Waals surface area contributed by atoms with Gasteiger partial charge in [0.05, 0.1) is 0 Å². The summed E-state index contributed by atoms with van der Waals surface area (Å²) in [4.78, 5) is 38.3. The van der Waals surface area contributed by atoms with Gasteiger partial charge in [0.1, 0.15) is 13.2 Å². The van der Waals surface area contributed by atoms with Crippen molar-refractivity contribution >= 4 is 17.9 Å². The lowest BCUT2D eigenvalue weighted by molar-refractivity contribution is -0.167. The molecular formula is C72H132O6. The number of rotatable bonds is 64. The summed E-state index contributed by atoms with van der Waals surface area (Å²) in [5.41, 5.74) is 0. The van der Waals surface area contributed by atoms with Gasteiger partial charge in [-0.1, -0.05) is 345 Å². The quantitative estimate of drug-likeness (QED) is 0.0261. The number of unbranched alkanes of at least 4 members (excludes halogenated alkanes) is 45. The second-order valence-corrected chi connectivity index (χ2v) is 23.4. The van der Waals surface area contributed by atoms with Gasteiger partial charge in [0.25, 0.3) is 0 Å². The Hall–Kier alpha value is -2.63. The topological polar surface area (TPSA) is 78.9 Å². The highest BCUT2D eigenvalue weighted by Crippen LogP contribution is 2.18. The lowest BCUT2D eigenvalue weighted by atomic mass is 10.0. The minimum absolute atomic E-state index is 0.0692. The van der Waals surface area contributed by atoms with E-state index in [1.54, 1.807) is 0 Å². The van der Waals surface area contributed by atoms with Crippen molar-refractivity contribution in [3.05, 3.63) is 48.6 Å². The second kappa shape index (κ2) is 66.9. The highest BCUT2D eigenvalue weighted by molar-refractivity contribution is 5.71. The molecule has 0 amide bonds. The zero-order valence-corrected chi connectivity index (χ0v) is 52.5. The van der Waals surface area contributed by atoms with Gasteiger partial charge in [-0.15, -0.1) is 0 Å². The van der Waals surface area contributed by atoms with Crippen molar-refractivity contribution in [1.82, 2.24) is 0 Å². The SMILES string of the molecule is CC/C=C\C/C=C\C/C=C\C/C=C\CCCCCCCCCCCCC(=O)OC(COC(=O)CCCCCCCCCCCCC)COC(=O)CCCCCCCCCCCCCCCCCCCCCCCCCCCC. The Balaban J connectivity index is 4.19. The average molecular weight is 1090 g/mol. The summed E-state index contributed by atoms with van der Waals surface area (Å²) in [6.07, 6.45) is 84.3. The van der Waals surface area contributed by atoms with Crippen LogP contribution in [0.15, 0.2) is 48.6 Å². The van der Waals surface area contributed by atoms with Gasteiger partial charge in [0, 0.05) is 19.3 Å². The molecule has 0 aliphatic heterocycles. The number of carbonyl (C=O) groups excluding carboxylic acids is 3. The van der Waals surface area contributed by atoms with E-state index in [1.807, 2.05) is 0 Å². The summed E-state index contributed by atoms with van der Waals surface area (Å²) in [6, 6.07) is 0. The van der Waals surface area contributed by atoms with Crippen molar-refractivity contribution in [1.29, 1.82) is 0 Å². The predicted molar refractivity (Wildman–Crippen MR) is 339 cm³/mol. The first kappa shape index (κ1) is 75.4. The maximum Gasteiger partial charge on any atom is 0.306 e. The van der Waals surface area contributed by atoms with E-state index in [-0.39, 0.29) is 31.1 Å². The van der Waals surface area contributed by atoms with Crippen LogP contribution in [0, 0.1) is 0 Å². The third kappa shape index (κ3) is 64.2. The molecule has 6 heteroatoms. The summed E-state index contributed by atoms with van der Waals surface area (Å²) in [5, 5.41) is 0. The Morgan fingerprint density at radius 3 is 0.782 bits per heavy atom. The standard InChI is InChI=1S/C72H132O6/c1-4-7-10-13-16-19-22-24-26-28-30-32-34-35-36-38-39-41-43-45-47-50-53-56-59-62-65-71(74)77-68-69(67-76-70(73)64-61-58-55-52-49-21-18-15-12-9-6-3)78-72(75)66-63-60-57-54-51-48-46-44-42-40-37-33-31-29-27-25-23-20-17-14-11-8-5-2/h8,11,17,20,25,27,31,33,69H,4-7,9-10,12-16,18-19,21-24,26,28-30,32,34-68H2,1-3H3/b11-8-,20-17-,27-25-,33-31-. The zero-order valence-electron chi connectivity index (χ0n) is 52.5. The fourth-order valence-corrected chi connectivity index (χ4v) is 10.4. The molecule has 0 saturated carbocycles. The fourth-order valence-electron chi connectivity index (χ4n) is 10.4. The van der Waals surface area contributed by atoms with Gasteiger partial charge in [0.15, 0.2) is 6.10 Å². The molecule has 0 fully saturated rings. The molecule has 0 aromatic carbocycles. The molecule has 0 aliphatic carbocycles. The highest BCUT2D eigenvalue weighted by atomic mass is 16.6. The van der Waals surface area contributed by atoms with E-state index in [0.717, 1.165) is 83.5 Å². The van der Waals surface area contributed by atoms with Gasteiger partial charge < -0.3 is 14.2 Å². The van der Waals surface area contributed by atoms with Crippen LogP contribution in [-0.2, 0) is 28.6 Å². The van der Waals surface area contributed by atoms with Crippen LogP contribution in [0.1, 0.15) is 374 Å². The molecule has 0 bridgehead atoms. The van der Waals surface area contributed by atoms with Crippen LogP contribution in [0.25, 0.3) is 0 Å². The zero-order chi connectivity index (χ0) is 56.4. The van der Waals surface area contributed by atoms with E-state index in [4.69, 9.17) is 14.2 Å². The van der Waals surface area contributed by atoms with Gasteiger partial charge in [-0.05, 0) is 57.8 Å². The van der Waals surface area contributed by atoms with Crippen molar-refractivity contribution < 1.29 is 28.6 Å². The summed E-state index contributed by atoms with van der Waals surface area (Å²) >= 11 is 0. The maximum atomic E-state index is 12.9. The van der Waals surface area contributed by atoms with E-state index >= 15 is 0 Å². The van der Waals surface area contributed by atoms with Crippen LogP contribution < -0.4 is 0 Å². The van der Waals surface area contributed by atoms with Crippen LogP contribution in [0.2, 0.25) is 0 Å². The van der Waals surface area contributed by atoms with E-state index in [9.17, 15) is 14.4 Å².